The summed E-state index contributed by atoms with van der Waals surface area (Å²) < 4.78 is 7.17. The predicted octanol–water partition coefficient (Wildman–Crippen LogP) is 1.52. The van der Waals surface area contributed by atoms with Gasteiger partial charge in [-0.2, -0.15) is 0 Å². The van der Waals surface area contributed by atoms with Crippen molar-refractivity contribution in [2.75, 3.05) is 0 Å². The van der Waals surface area contributed by atoms with Crippen molar-refractivity contribution >= 4 is 21.8 Å². The zero-order chi connectivity index (χ0) is 13.0. The highest BCUT2D eigenvalue weighted by molar-refractivity contribution is 9.10. The summed E-state index contributed by atoms with van der Waals surface area (Å²) in [7, 11) is 0. The van der Waals surface area contributed by atoms with E-state index in [0.717, 1.165) is 4.47 Å². The molecule has 0 unspecified atom stereocenters. The van der Waals surface area contributed by atoms with Gasteiger partial charge >= 0.3 is 0 Å². The van der Waals surface area contributed by atoms with E-state index in [9.17, 15) is 9.59 Å². The lowest BCUT2D eigenvalue weighted by Crippen LogP contribution is -2.31. The van der Waals surface area contributed by atoms with Crippen LogP contribution in [0.25, 0.3) is 0 Å². The van der Waals surface area contributed by atoms with Gasteiger partial charge in [-0.3, -0.25) is 9.59 Å². The Morgan fingerprint density at radius 1 is 1.39 bits per heavy atom. The normalized spacial score (nSPS) is 10.3. The summed E-state index contributed by atoms with van der Waals surface area (Å²) in [5.74, 6) is 0.427. The molecule has 0 fully saturated rings. The topological polar surface area (TPSA) is 64.2 Å². The van der Waals surface area contributed by atoms with E-state index in [-0.39, 0.29) is 18.0 Å². The number of hydrogen-bond donors (Lipinski definition) is 1. The summed E-state index contributed by atoms with van der Waals surface area (Å²) >= 11 is 3.25. The van der Waals surface area contributed by atoms with Crippen LogP contribution in [-0.4, -0.2) is 10.5 Å². The first kappa shape index (κ1) is 12.6. The quantitative estimate of drug-likeness (QED) is 0.931. The van der Waals surface area contributed by atoms with Crippen molar-refractivity contribution in [1.29, 1.82) is 0 Å². The van der Waals surface area contributed by atoms with Crippen LogP contribution < -0.4 is 10.9 Å². The lowest BCUT2D eigenvalue weighted by molar-refractivity contribution is -0.121. The summed E-state index contributed by atoms with van der Waals surface area (Å²) in [5, 5.41) is 2.67. The molecule has 94 valence electrons. The molecule has 2 aromatic rings. The molecule has 0 saturated carbocycles. The number of aromatic nitrogens is 1. The van der Waals surface area contributed by atoms with E-state index in [4.69, 9.17) is 4.42 Å². The van der Waals surface area contributed by atoms with Gasteiger partial charge in [0.2, 0.25) is 5.91 Å². The van der Waals surface area contributed by atoms with Gasteiger partial charge in [-0.05, 0) is 34.1 Å². The lowest BCUT2D eigenvalue weighted by atomic mass is 10.4. The molecule has 2 aromatic heterocycles. The summed E-state index contributed by atoms with van der Waals surface area (Å²) in [4.78, 5) is 23.1. The Morgan fingerprint density at radius 3 is 2.94 bits per heavy atom. The molecule has 0 atom stereocenters. The molecule has 0 spiro atoms. The number of nitrogens with zero attached hydrogens (tertiary/aromatic N) is 1. The Balaban J connectivity index is 1.95. The number of amides is 1. The molecule has 1 N–H and O–H groups in total. The van der Waals surface area contributed by atoms with Crippen LogP contribution >= 0.6 is 15.9 Å². The van der Waals surface area contributed by atoms with E-state index >= 15 is 0 Å². The fourth-order valence-corrected chi connectivity index (χ4v) is 1.81. The second kappa shape index (κ2) is 5.68. The molecule has 2 rings (SSSR count). The summed E-state index contributed by atoms with van der Waals surface area (Å²) in [5.41, 5.74) is -0.216. The maximum absolute atomic E-state index is 11.6. The molecule has 0 aromatic carbocycles. The minimum Gasteiger partial charge on any atom is -0.467 e. The van der Waals surface area contributed by atoms with E-state index in [2.05, 4.69) is 21.2 Å². The van der Waals surface area contributed by atoms with Crippen LogP contribution in [0, 0.1) is 0 Å². The van der Waals surface area contributed by atoms with Crippen molar-refractivity contribution in [2.45, 2.75) is 13.1 Å². The minimum absolute atomic E-state index is 0.0149. The van der Waals surface area contributed by atoms with Crippen LogP contribution in [0.1, 0.15) is 5.76 Å². The van der Waals surface area contributed by atoms with Crippen LogP contribution in [0.5, 0.6) is 0 Å². The molecule has 18 heavy (non-hydrogen) atoms. The Kier molecular flexibility index (Phi) is 3.99. The van der Waals surface area contributed by atoms with Crippen molar-refractivity contribution in [3.05, 3.63) is 57.3 Å². The van der Waals surface area contributed by atoms with Crippen LogP contribution in [0.3, 0.4) is 0 Å². The number of halogens is 1. The zero-order valence-electron chi connectivity index (χ0n) is 9.43. The number of hydrogen-bond acceptors (Lipinski definition) is 3. The largest absolute Gasteiger partial charge is 0.467 e. The number of nitrogens with one attached hydrogen (secondary N) is 1. The Hall–Kier alpha value is -1.82. The van der Waals surface area contributed by atoms with Gasteiger partial charge in [0.25, 0.3) is 5.56 Å². The molecule has 0 aliphatic rings. The molecule has 1 amide bonds. The monoisotopic (exact) mass is 310 g/mol. The molecule has 6 heteroatoms. The Morgan fingerprint density at radius 2 is 2.22 bits per heavy atom. The number of furan rings is 1. The van der Waals surface area contributed by atoms with E-state index in [1.807, 2.05) is 0 Å². The second-order valence-corrected chi connectivity index (χ2v) is 4.59. The van der Waals surface area contributed by atoms with Crippen molar-refractivity contribution < 1.29 is 9.21 Å². The standard InChI is InChI=1S/C12H11BrN2O3/c13-9-3-4-12(17)15(7-9)8-11(16)14-6-10-2-1-5-18-10/h1-5,7H,6,8H2,(H,14,16). The lowest BCUT2D eigenvalue weighted by Gasteiger charge is -2.06. The third-order valence-corrected chi connectivity index (χ3v) is 2.77. The van der Waals surface area contributed by atoms with Gasteiger partial charge in [0, 0.05) is 16.7 Å². The van der Waals surface area contributed by atoms with Gasteiger partial charge in [0.05, 0.1) is 12.8 Å². The maximum Gasteiger partial charge on any atom is 0.251 e. The van der Waals surface area contributed by atoms with Gasteiger partial charge in [-0.1, -0.05) is 0 Å². The third kappa shape index (κ3) is 3.33. The fraction of sp³-hybridized carbons (Fsp3) is 0.167. The van der Waals surface area contributed by atoms with Gasteiger partial charge in [-0.15, -0.1) is 0 Å². The molecule has 0 saturated heterocycles. The Labute approximate surface area is 112 Å². The van der Waals surface area contributed by atoms with Crippen LogP contribution in [0.15, 0.2) is 50.4 Å². The summed E-state index contributed by atoms with van der Waals surface area (Å²) in [6, 6.07) is 6.56. The number of rotatable bonds is 4. The highest BCUT2D eigenvalue weighted by Crippen LogP contribution is 2.04. The predicted molar refractivity (Wildman–Crippen MR) is 69.0 cm³/mol. The van der Waals surface area contributed by atoms with E-state index < -0.39 is 0 Å². The molecule has 0 radical (unpaired) electrons. The van der Waals surface area contributed by atoms with Crippen LogP contribution in [-0.2, 0) is 17.9 Å². The van der Waals surface area contributed by atoms with Crippen molar-refractivity contribution in [3.63, 3.8) is 0 Å². The average Bonchev–Trinajstić information content (AvgIpc) is 2.84. The minimum atomic E-state index is -0.244. The van der Waals surface area contributed by atoms with Crippen molar-refractivity contribution in [2.24, 2.45) is 0 Å². The third-order valence-electron chi connectivity index (χ3n) is 2.30. The highest BCUT2D eigenvalue weighted by atomic mass is 79.9. The number of carbonyl (C=O) groups is 1. The van der Waals surface area contributed by atoms with E-state index in [1.54, 1.807) is 30.7 Å². The molecule has 5 nitrogen and oxygen atoms in total. The summed E-state index contributed by atoms with van der Waals surface area (Å²) in [6.07, 6.45) is 3.12. The van der Waals surface area contributed by atoms with Gasteiger partial charge < -0.3 is 14.3 Å². The first-order chi connectivity index (χ1) is 8.65. The first-order valence-electron chi connectivity index (χ1n) is 5.30. The number of carbonyl (C=O) groups excluding carboxylic acids is 1. The molecular formula is C12H11BrN2O3. The second-order valence-electron chi connectivity index (χ2n) is 3.67. The molecule has 2 heterocycles. The van der Waals surface area contributed by atoms with Gasteiger partial charge in [0.1, 0.15) is 12.3 Å². The fourth-order valence-electron chi connectivity index (χ4n) is 1.44. The smallest absolute Gasteiger partial charge is 0.251 e. The molecule has 0 bridgehead atoms. The molecule has 0 aliphatic heterocycles. The van der Waals surface area contributed by atoms with Crippen molar-refractivity contribution in [3.8, 4) is 0 Å². The number of pyridine rings is 1. The highest BCUT2D eigenvalue weighted by Gasteiger charge is 2.05. The van der Waals surface area contributed by atoms with Crippen LogP contribution in [0.4, 0.5) is 0 Å². The average molecular weight is 311 g/mol. The van der Waals surface area contributed by atoms with Gasteiger partial charge in [0.15, 0.2) is 0 Å². The SMILES string of the molecule is O=C(Cn1cc(Br)ccc1=O)NCc1ccco1. The van der Waals surface area contributed by atoms with E-state index in [0.29, 0.717) is 12.3 Å². The molecule has 0 aliphatic carbocycles. The van der Waals surface area contributed by atoms with Crippen molar-refractivity contribution in [1.82, 2.24) is 9.88 Å². The zero-order valence-corrected chi connectivity index (χ0v) is 11.0. The Bertz CT molecular complexity index is 590. The van der Waals surface area contributed by atoms with Crippen LogP contribution in [0.2, 0.25) is 0 Å². The first-order valence-corrected chi connectivity index (χ1v) is 6.09. The maximum atomic E-state index is 11.6. The summed E-state index contributed by atoms with van der Waals surface area (Å²) in [6.45, 7) is 0.299. The van der Waals surface area contributed by atoms with E-state index in [1.165, 1.54) is 10.6 Å². The van der Waals surface area contributed by atoms with Gasteiger partial charge in [-0.25, -0.2) is 0 Å². The molecular weight excluding hydrogens is 300 g/mol.